The van der Waals surface area contributed by atoms with Gasteiger partial charge in [-0.25, -0.2) is 4.98 Å². The molecule has 0 saturated heterocycles. The lowest BCUT2D eigenvalue weighted by Gasteiger charge is -1.89. The van der Waals surface area contributed by atoms with Crippen LogP contribution in [0.2, 0.25) is 0 Å². The number of hydrogen-bond acceptors (Lipinski definition) is 2. The molecule has 0 radical (unpaired) electrons. The fraction of sp³-hybridized carbons (Fsp3) is 0.286. The van der Waals surface area contributed by atoms with Crippen molar-refractivity contribution in [1.82, 2.24) is 9.97 Å². The van der Waals surface area contributed by atoms with Crippen molar-refractivity contribution in [3.8, 4) is 0 Å². The van der Waals surface area contributed by atoms with E-state index >= 15 is 0 Å². The van der Waals surface area contributed by atoms with Gasteiger partial charge in [-0.3, -0.25) is 0 Å². The monoisotopic (exact) mass is 138 g/mol. The second kappa shape index (κ2) is 2.66. The molecule has 1 rings (SSSR count). The third-order valence-electron chi connectivity index (χ3n) is 1.20. The highest BCUT2D eigenvalue weighted by Gasteiger charge is 1.97. The molecule has 0 bridgehead atoms. The topological polar surface area (TPSA) is 48.9 Å². The van der Waals surface area contributed by atoms with Gasteiger partial charge in [-0.15, -0.1) is 0 Å². The molecule has 0 amide bonds. The Labute approximate surface area is 59.4 Å². The first-order chi connectivity index (χ1) is 4.74. The minimum Gasteiger partial charge on any atom is -0.390 e. The zero-order valence-corrected chi connectivity index (χ0v) is 5.89. The van der Waals surface area contributed by atoms with Gasteiger partial charge in [0.05, 0.1) is 18.5 Å². The Balaban J connectivity index is 2.88. The second-order valence-corrected chi connectivity index (χ2v) is 2.20. The van der Waals surface area contributed by atoms with Crippen molar-refractivity contribution in [2.24, 2.45) is 0 Å². The summed E-state index contributed by atoms with van der Waals surface area (Å²) in [6.45, 7) is 5.56. The van der Waals surface area contributed by atoms with Gasteiger partial charge in [-0.1, -0.05) is 6.58 Å². The van der Waals surface area contributed by atoms with Crippen LogP contribution < -0.4 is 0 Å². The van der Waals surface area contributed by atoms with Crippen LogP contribution in [0.4, 0.5) is 0 Å². The maximum Gasteiger partial charge on any atom is 0.132 e. The van der Waals surface area contributed by atoms with Gasteiger partial charge in [0, 0.05) is 0 Å². The van der Waals surface area contributed by atoms with Gasteiger partial charge in [-0.2, -0.15) is 0 Å². The number of nitrogens with one attached hydrogen (secondary N) is 1. The standard InChI is InChI=1S/C7H10N2O/c1-5(2)7-8-3-6(4-10)9-7/h3,10H,1,4H2,2H3,(H,8,9). The van der Waals surface area contributed by atoms with Crippen LogP contribution in [0, 0.1) is 0 Å². The Hall–Kier alpha value is -1.09. The van der Waals surface area contributed by atoms with Crippen LogP contribution >= 0.6 is 0 Å². The summed E-state index contributed by atoms with van der Waals surface area (Å²) < 4.78 is 0. The summed E-state index contributed by atoms with van der Waals surface area (Å²) in [6, 6.07) is 0. The van der Waals surface area contributed by atoms with E-state index < -0.39 is 0 Å². The van der Waals surface area contributed by atoms with Crippen molar-refractivity contribution in [3.05, 3.63) is 24.3 Å². The predicted molar refractivity (Wildman–Crippen MR) is 39.2 cm³/mol. The maximum atomic E-state index is 8.63. The van der Waals surface area contributed by atoms with Gasteiger partial charge in [-0.05, 0) is 12.5 Å². The molecule has 3 heteroatoms. The van der Waals surface area contributed by atoms with E-state index in [0.717, 1.165) is 17.1 Å². The lowest BCUT2D eigenvalue weighted by Crippen LogP contribution is -1.83. The molecule has 0 aromatic carbocycles. The molecule has 0 fully saturated rings. The quantitative estimate of drug-likeness (QED) is 0.638. The van der Waals surface area contributed by atoms with E-state index in [9.17, 15) is 0 Å². The minimum absolute atomic E-state index is 0.000278. The molecule has 10 heavy (non-hydrogen) atoms. The number of aliphatic hydroxyl groups excluding tert-OH is 1. The van der Waals surface area contributed by atoms with Gasteiger partial charge in [0.2, 0.25) is 0 Å². The summed E-state index contributed by atoms with van der Waals surface area (Å²) in [5.74, 6) is 0.740. The molecule has 0 aliphatic carbocycles. The average Bonchev–Trinajstić information content (AvgIpc) is 2.34. The highest BCUT2D eigenvalue weighted by Crippen LogP contribution is 2.05. The number of aromatic nitrogens is 2. The number of rotatable bonds is 2. The van der Waals surface area contributed by atoms with Gasteiger partial charge in [0.1, 0.15) is 5.82 Å². The first-order valence-electron chi connectivity index (χ1n) is 3.04. The number of allylic oxidation sites excluding steroid dienone is 1. The van der Waals surface area contributed by atoms with Crippen LogP contribution in [0.15, 0.2) is 12.8 Å². The van der Waals surface area contributed by atoms with Crippen LogP contribution in [-0.2, 0) is 6.61 Å². The van der Waals surface area contributed by atoms with Crippen molar-refractivity contribution >= 4 is 5.57 Å². The molecule has 1 heterocycles. The molecule has 54 valence electrons. The van der Waals surface area contributed by atoms with E-state index in [1.807, 2.05) is 6.92 Å². The van der Waals surface area contributed by atoms with E-state index in [2.05, 4.69) is 16.5 Å². The highest BCUT2D eigenvalue weighted by atomic mass is 16.3. The van der Waals surface area contributed by atoms with Crippen LogP contribution in [0.1, 0.15) is 18.4 Å². The van der Waals surface area contributed by atoms with Crippen molar-refractivity contribution in [3.63, 3.8) is 0 Å². The third kappa shape index (κ3) is 1.25. The van der Waals surface area contributed by atoms with Crippen LogP contribution in [0.5, 0.6) is 0 Å². The Morgan fingerprint density at radius 3 is 2.90 bits per heavy atom. The molecule has 0 unspecified atom stereocenters. The molecular formula is C7H10N2O. The average molecular weight is 138 g/mol. The number of hydrogen-bond donors (Lipinski definition) is 2. The van der Waals surface area contributed by atoms with Gasteiger partial charge in [0.25, 0.3) is 0 Å². The molecule has 0 aliphatic rings. The Morgan fingerprint density at radius 2 is 2.60 bits per heavy atom. The van der Waals surface area contributed by atoms with Crippen LogP contribution in [0.25, 0.3) is 5.57 Å². The van der Waals surface area contributed by atoms with Crippen LogP contribution in [0.3, 0.4) is 0 Å². The highest BCUT2D eigenvalue weighted by molar-refractivity contribution is 5.54. The summed E-state index contributed by atoms with van der Waals surface area (Å²) in [4.78, 5) is 6.87. The smallest absolute Gasteiger partial charge is 0.132 e. The molecule has 0 spiro atoms. The Kier molecular flexibility index (Phi) is 1.87. The first kappa shape index (κ1) is 7.02. The molecule has 2 N–H and O–H groups in total. The molecule has 0 aliphatic heterocycles. The number of nitrogens with zero attached hydrogens (tertiary/aromatic N) is 1. The third-order valence-corrected chi connectivity index (χ3v) is 1.20. The number of aliphatic hydroxyl groups is 1. The largest absolute Gasteiger partial charge is 0.390 e. The van der Waals surface area contributed by atoms with Crippen molar-refractivity contribution < 1.29 is 5.11 Å². The Bertz CT molecular complexity index is 240. The molecule has 0 saturated carbocycles. The lowest BCUT2D eigenvalue weighted by molar-refractivity contribution is 0.277. The zero-order chi connectivity index (χ0) is 7.56. The summed E-state index contributed by atoms with van der Waals surface area (Å²) in [5.41, 5.74) is 1.60. The van der Waals surface area contributed by atoms with Crippen molar-refractivity contribution in [2.45, 2.75) is 13.5 Å². The van der Waals surface area contributed by atoms with E-state index in [0.29, 0.717) is 0 Å². The number of H-pyrrole nitrogens is 1. The SMILES string of the molecule is C=C(C)c1ncc(CO)[nH]1. The van der Waals surface area contributed by atoms with Crippen molar-refractivity contribution in [2.75, 3.05) is 0 Å². The van der Waals surface area contributed by atoms with Crippen molar-refractivity contribution in [1.29, 1.82) is 0 Å². The van der Waals surface area contributed by atoms with E-state index in [-0.39, 0.29) is 6.61 Å². The zero-order valence-electron chi connectivity index (χ0n) is 5.89. The Morgan fingerprint density at radius 1 is 1.90 bits per heavy atom. The first-order valence-corrected chi connectivity index (χ1v) is 3.04. The van der Waals surface area contributed by atoms with Crippen LogP contribution in [-0.4, -0.2) is 15.1 Å². The maximum absolute atomic E-state index is 8.63. The fourth-order valence-electron chi connectivity index (χ4n) is 0.656. The van der Waals surface area contributed by atoms with E-state index in [4.69, 9.17) is 5.11 Å². The van der Waals surface area contributed by atoms with E-state index in [1.165, 1.54) is 0 Å². The number of aromatic amines is 1. The summed E-state index contributed by atoms with van der Waals surface area (Å²) in [6.07, 6.45) is 1.60. The normalized spacial score (nSPS) is 9.80. The van der Waals surface area contributed by atoms with E-state index in [1.54, 1.807) is 6.20 Å². The molecular weight excluding hydrogens is 128 g/mol. The molecule has 1 aromatic rings. The predicted octanol–water partition coefficient (Wildman–Crippen LogP) is 0.935. The molecule has 0 atom stereocenters. The summed E-state index contributed by atoms with van der Waals surface area (Å²) in [7, 11) is 0. The summed E-state index contributed by atoms with van der Waals surface area (Å²) in [5, 5.41) is 8.63. The van der Waals surface area contributed by atoms with Gasteiger partial charge in [0.15, 0.2) is 0 Å². The lowest BCUT2D eigenvalue weighted by atomic mass is 10.3. The number of imidazole rings is 1. The van der Waals surface area contributed by atoms with Gasteiger partial charge < -0.3 is 10.1 Å². The fourth-order valence-corrected chi connectivity index (χ4v) is 0.656. The second-order valence-electron chi connectivity index (χ2n) is 2.20. The van der Waals surface area contributed by atoms with Gasteiger partial charge >= 0.3 is 0 Å². The minimum atomic E-state index is 0.000278. The molecule has 1 aromatic heterocycles. The summed E-state index contributed by atoms with van der Waals surface area (Å²) >= 11 is 0. The molecule has 3 nitrogen and oxygen atoms in total.